The van der Waals surface area contributed by atoms with E-state index < -0.39 is 10.8 Å². The van der Waals surface area contributed by atoms with E-state index in [9.17, 15) is 9.00 Å². The largest absolute Gasteiger partial charge is 0.361 e. The molecular weight excluding hydrogens is 276 g/mol. The van der Waals surface area contributed by atoms with E-state index in [1.165, 1.54) is 0 Å². The first-order valence-corrected chi connectivity index (χ1v) is 7.64. The molecule has 5 nitrogen and oxygen atoms in total. The molecule has 0 saturated heterocycles. The summed E-state index contributed by atoms with van der Waals surface area (Å²) in [4.78, 5) is 14.5. The monoisotopic (exact) mass is 292 g/mol. The molecule has 0 N–H and O–H groups in total. The SMILES string of the molecule is Cc1cc(CN(C)C(=O)c2ccc([S@](C)=O)cc2)no1. The second-order valence-electron chi connectivity index (χ2n) is 4.57. The Labute approximate surface area is 120 Å². The van der Waals surface area contributed by atoms with Crippen LogP contribution in [0.25, 0.3) is 0 Å². The third kappa shape index (κ3) is 3.33. The van der Waals surface area contributed by atoms with E-state index in [0.717, 1.165) is 5.76 Å². The molecule has 2 rings (SSSR count). The van der Waals surface area contributed by atoms with Gasteiger partial charge in [-0.05, 0) is 31.2 Å². The quantitative estimate of drug-likeness (QED) is 0.864. The molecule has 1 amide bonds. The molecular formula is C14H16N2O3S. The van der Waals surface area contributed by atoms with Crippen molar-refractivity contribution in [3.63, 3.8) is 0 Å². The molecule has 106 valence electrons. The van der Waals surface area contributed by atoms with E-state index in [0.29, 0.717) is 22.7 Å². The van der Waals surface area contributed by atoms with Crippen molar-refractivity contribution in [1.82, 2.24) is 10.1 Å². The molecule has 0 saturated carbocycles. The minimum absolute atomic E-state index is 0.112. The smallest absolute Gasteiger partial charge is 0.253 e. The predicted molar refractivity (Wildman–Crippen MR) is 75.8 cm³/mol. The summed E-state index contributed by atoms with van der Waals surface area (Å²) in [7, 11) is 0.669. The van der Waals surface area contributed by atoms with Crippen LogP contribution in [0.15, 0.2) is 39.8 Å². The second kappa shape index (κ2) is 6.00. The Morgan fingerprint density at radius 1 is 1.35 bits per heavy atom. The number of benzene rings is 1. The molecule has 0 radical (unpaired) electrons. The van der Waals surface area contributed by atoms with Crippen molar-refractivity contribution in [2.45, 2.75) is 18.4 Å². The third-order valence-electron chi connectivity index (χ3n) is 2.86. The van der Waals surface area contributed by atoms with Gasteiger partial charge in [0.15, 0.2) is 0 Å². The Balaban J connectivity index is 2.08. The van der Waals surface area contributed by atoms with Gasteiger partial charge in [0.05, 0.1) is 6.54 Å². The van der Waals surface area contributed by atoms with Crippen LogP contribution in [0.5, 0.6) is 0 Å². The van der Waals surface area contributed by atoms with Gasteiger partial charge in [-0.25, -0.2) is 0 Å². The van der Waals surface area contributed by atoms with E-state index in [-0.39, 0.29) is 5.91 Å². The van der Waals surface area contributed by atoms with Gasteiger partial charge in [0.25, 0.3) is 5.91 Å². The first-order valence-electron chi connectivity index (χ1n) is 6.08. The fourth-order valence-electron chi connectivity index (χ4n) is 1.82. The lowest BCUT2D eigenvalue weighted by molar-refractivity contribution is 0.0782. The highest BCUT2D eigenvalue weighted by Crippen LogP contribution is 2.11. The molecule has 0 fully saturated rings. The Hall–Kier alpha value is -1.95. The third-order valence-corrected chi connectivity index (χ3v) is 3.79. The summed E-state index contributed by atoms with van der Waals surface area (Å²) >= 11 is 0. The van der Waals surface area contributed by atoms with Gasteiger partial charge >= 0.3 is 0 Å². The molecule has 0 bridgehead atoms. The van der Waals surface area contributed by atoms with E-state index in [4.69, 9.17) is 4.52 Å². The van der Waals surface area contributed by atoms with E-state index in [1.54, 1.807) is 48.5 Å². The Morgan fingerprint density at radius 3 is 2.50 bits per heavy atom. The van der Waals surface area contributed by atoms with Crippen LogP contribution in [0.3, 0.4) is 0 Å². The van der Waals surface area contributed by atoms with Crippen molar-refractivity contribution in [3.05, 3.63) is 47.3 Å². The van der Waals surface area contributed by atoms with Gasteiger partial charge in [0.2, 0.25) is 0 Å². The number of carbonyl (C=O) groups excluding carboxylic acids is 1. The lowest BCUT2D eigenvalue weighted by Crippen LogP contribution is -2.26. The van der Waals surface area contributed by atoms with Gasteiger partial charge in [-0.1, -0.05) is 5.16 Å². The van der Waals surface area contributed by atoms with Gasteiger partial charge < -0.3 is 9.42 Å². The Bertz CT molecular complexity index is 634. The Morgan fingerprint density at radius 2 is 2.00 bits per heavy atom. The molecule has 1 atom stereocenters. The second-order valence-corrected chi connectivity index (χ2v) is 5.95. The number of rotatable bonds is 4. The molecule has 0 spiro atoms. The molecule has 1 heterocycles. The summed E-state index contributed by atoms with van der Waals surface area (Å²) in [6.45, 7) is 2.19. The normalized spacial score (nSPS) is 12.2. The minimum Gasteiger partial charge on any atom is -0.361 e. The molecule has 0 aliphatic carbocycles. The molecule has 2 aromatic rings. The fraction of sp³-hybridized carbons (Fsp3) is 0.286. The number of aromatic nitrogens is 1. The van der Waals surface area contributed by atoms with Crippen LogP contribution in [0.2, 0.25) is 0 Å². The van der Waals surface area contributed by atoms with Crippen LogP contribution in [0.1, 0.15) is 21.8 Å². The maximum absolute atomic E-state index is 12.2. The van der Waals surface area contributed by atoms with Gasteiger partial charge in [-0.2, -0.15) is 0 Å². The molecule has 20 heavy (non-hydrogen) atoms. The topological polar surface area (TPSA) is 63.4 Å². The molecule has 0 aliphatic heterocycles. The number of amides is 1. The van der Waals surface area contributed by atoms with Gasteiger partial charge in [-0.15, -0.1) is 0 Å². The predicted octanol–water partition coefficient (Wildman–Crippen LogP) is 1.99. The van der Waals surface area contributed by atoms with Gasteiger partial charge in [-0.3, -0.25) is 9.00 Å². The maximum atomic E-state index is 12.2. The van der Waals surface area contributed by atoms with Gasteiger partial charge in [0.1, 0.15) is 11.5 Å². The summed E-state index contributed by atoms with van der Waals surface area (Å²) in [6, 6.07) is 8.58. The summed E-state index contributed by atoms with van der Waals surface area (Å²) in [6.07, 6.45) is 1.61. The van der Waals surface area contributed by atoms with Crippen LogP contribution >= 0.6 is 0 Å². The van der Waals surface area contributed by atoms with Crippen molar-refractivity contribution >= 4 is 16.7 Å². The molecule has 1 aromatic carbocycles. The van der Waals surface area contributed by atoms with Crippen molar-refractivity contribution in [2.24, 2.45) is 0 Å². The van der Waals surface area contributed by atoms with E-state index in [1.807, 2.05) is 6.92 Å². The number of carbonyl (C=O) groups is 1. The van der Waals surface area contributed by atoms with Crippen molar-refractivity contribution in [2.75, 3.05) is 13.3 Å². The van der Waals surface area contributed by atoms with Gasteiger partial charge in [0, 0.05) is 40.6 Å². The van der Waals surface area contributed by atoms with Crippen LogP contribution in [-0.4, -0.2) is 33.5 Å². The van der Waals surface area contributed by atoms with Crippen molar-refractivity contribution < 1.29 is 13.5 Å². The molecule has 0 unspecified atom stereocenters. The zero-order valence-corrected chi connectivity index (χ0v) is 12.4. The fourth-order valence-corrected chi connectivity index (χ4v) is 2.34. The highest BCUT2D eigenvalue weighted by Gasteiger charge is 2.14. The first kappa shape index (κ1) is 14.5. The van der Waals surface area contributed by atoms with E-state index >= 15 is 0 Å². The summed E-state index contributed by atoms with van der Waals surface area (Å²) in [5.41, 5.74) is 1.27. The first-order chi connectivity index (χ1) is 9.47. The van der Waals surface area contributed by atoms with Crippen LogP contribution in [0, 0.1) is 6.92 Å². The maximum Gasteiger partial charge on any atom is 0.253 e. The molecule has 1 aromatic heterocycles. The summed E-state index contributed by atoms with van der Waals surface area (Å²) < 4.78 is 16.3. The minimum atomic E-state index is -1.04. The molecule has 0 aliphatic rings. The highest BCUT2D eigenvalue weighted by atomic mass is 32.2. The summed E-state index contributed by atoms with van der Waals surface area (Å²) in [5.74, 6) is 0.606. The molecule has 6 heteroatoms. The van der Waals surface area contributed by atoms with Crippen molar-refractivity contribution in [1.29, 1.82) is 0 Å². The Kier molecular flexibility index (Phi) is 4.34. The number of hydrogen-bond donors (Lipinski definition) is 0. The highest BCUT2D eigenvalue weighted by molar-refractivity contribution is 7.84. The number of hydrogen-bond acceptors (Lipinski definition) is 4. The average Bonchev–Trinajstić information content (AvgIpc) is 2.83. The van der Waals surface area contributed by atoms with E-state index in [2.05, 4.69) is 5.16 Å². The van der Waals surface area contributed by atoms with Crippen LogP contribution in [0.4, 0.5) is 0 Å². The zero-order valence-electron chi connectivity index (χ0n) is 11.6. The number of nitrogens with zero attached hydrogens (tertiary/aromatic N) is 2. The zero-order chi connectivity index (χ0) is 14.7. The number of aryl methyl sites for hydroxylation is 1. The van der Waals surface area contributed by atoms with Crippen LogP contribution < -0.4 is 0 Å². The lowest BCUT2D eigenvalue weighted by atomic mass is 10.2. The van der Waals surface area contributed by atoms with Crippen molar-refractivity contribution in [3.8, 4) is 0 Å². The lowest BCUT2D eigenvalue weighted by Gasteiger charge is -2.15. The average molecular weight is 292 g/mol. The van der Waals surface area contributed by atoms with Crippen LogP contribution in [-0.2, 0) is 17.3 Å². The summed E-state index contributed by atoms with van der Waals surface area (Å²) in [5, 5.41) is 3.86. The standard InChI is InChI=1S/C14H16N2O3S/c1-10-8-12(15-19-10)9-16(2)14(17)11-4-6-13(7-5-11)20(3)18/h4-8H,9H2,1-3H3/t20-/m0/s1.